The number of nitrogens with one attached hydrogen (secondary N) is 1. The number of ether oxygens (including phenoxy) is 2. The van der Waals surface area contributed by atoms with Crippen LogP contribution < -0.4 is 0 Å². The van der Waals surface area contributed by atoms with Gasteiger partial charge in [-0.3, -0.25) is 0 Å². The quantitative estimate of drug-likeness (QED) is 0.881. The number of hydrogen-bond acceptors (Lipinski definition) is 4. The third-order valence-electron chi connectivity index (χ3n) is 3.36. The maximum atomic E-state index is 11.9. The maximum Gasteiger partial charge on any atom is 0.340 e. The van der Waals surface area contributed by atoms with E-state index in [1.165, 1.54) is 14.2 Å². The van der Waals surface area contributed by atoms with Gasteiger partial charge in [-0.1, -0.05) is 12.1 Å². The number of benzene rings is 1. The topological polar surface area (TPSA) is 68.4 Å². The van der Waals surface area contributed by atoms with Crippen molar-refractivity contribution >= 4 is 11.9 Å². The minimum atomic E-state index is -0.392. The standard InChI is InChI=1S/C16H17NO4/c1-9-13(14(10(2)17-9)16(19)21-4)11-5-7-12(8-6-11)15(18)20-3/h5-8,17H,1-4H3. The molecule has 0 aliphatic heterocycles. The Morgan fingerprint density at radius 3 is 2.00 bits per heavy atom. The van der Waals surface area contributed by atoms with E-state index in [0.29, 0.717) is 11.1 Å². The van der Waals surface area contributed by atoms with Crippen LogP contribution >= 0.6 is 0 Å². The number of H-pyrrole nitrogens is 1. The zero-order chi connectivity index (χ0) is 15.6. The van der Waals surface area contributed by atoms with Crippen LogP contribution in [0.3, 0.4) is 0 Å². The van der Waals surface area contributed by atoms with Gasteiger partial charge in [0.2, 0.25) is 0 Å². The highest BCUT2D eigenvalue weighted by atomic mass is 16.5. The Kier molecular flexibility index (Phi) is 4.12. The first kappa shape index (κ1) is 14.8. The fourth-order valence-corrected chi connectivity index (χ4v) is 2.39. The minimum absolute atomic E-state index is 0.385. The van der Waals surface area contributed by atoms with Gasteiger partial charge >= 0.3 is 11.9 Å². The Morgan fingerprint density at radius 2 is 1.48 bits per heavy atom. The number of rotatable bonds is 3. The van der Waals surface area contributed by atoms with E-state index in [9.17, 15) is 9.59 Å². The normalized spacial score (nSPS) is 10.3. The fraction of sp³-hybridized carbons (Fsp3) is 0.250. The van der Waals surface area contributed by atoms with Crippen LogP contribution in [0.1, 0.15) is 32.1 Å². The predicted octanol–water partition coefficient (Wildman–Crippen LogP) is 2.87. The van der Waals surface area contributed by atoms with Gasteiger partial charge in [-0.25, -0.2) is 9.59 Å². The van der Waals surface area contributed by atoms with Gasteiger partial charge in [-0.15, -0.1) is 0 Å². The average molecular weight is 287 g/mol. The largest absolute Gasteiger partial charge is 0.465 e. The summed E-state index contributed by atoms with van der Waals surface area (Å²) in [6.45, 7) is 3.72. The van der Waals surface area contributed by atoms with E-state index < -0.39 is 5.97 Å². The number of hydrogen-bond donors (Lipinski definition) is 1. The Balaban J connectivity index is 2.52. The summed E-state index contributed by atoms with van der Waals surface area (Å²) in [5, 5.41) is 0. The molecule has 1 aromatic heterocycles. The fourth-order valence-electron chi connectivity index (χ4n) is 2.39. The summed E-state index contributed by atoms with van der Waals surface area (Å²) in [6.07, 6.45) is 0. The third kappa shape index (κ3) is 2.67. The van der Waals surface area contributed by atoms with Gasteiger partial charge in [0.05, 0.1) is 25.3 Å². The molecule has 0 aliphatic carbocycles. The van der Waals surface area contributed by atoms with Gasteiger partial charge in [0.15, 0.2) is 0 Å². The maximum absolute atomic E-state index is 11.9. The van der Waals surface area contributed by atoms with Gasteiger partial charge in [0.25, 0.3) is 0 Å². The van der Waals surface area contributed by atoms with Crippen LogP contribution in [0.2, 0.25) is 0 Å². The van der Waals surface area contributed by atoms with E-state index in [1.54, 1.807) is 24.3 Å². The molecule has 1 heterocycles. The second-order valence-electron chi connectivity index (χ2n) is 4.69. The van der Waals surface area contributed by atoms with Crippen molar-refractivity contribution in [1.29, 1.82) is 0 Å². The second kappa shape index (κ2) is 5.83. The van der Waals surface area contributed by atoms with E-state index in [-0.39, 0.29) is 5.97 Å². The molecule has 2 aromatic rings. The number of aromatic nitrogens is 1. The summed E-state index contributed by atoms with van der Waals surface area (Å²) in [5.41, 5.74) is 4.23. The van der Waals surface area contributed by atoms with Gasteiger partial charge in [-0.05, 0) is 31.5 Å². The Hall–Kier alpha value is -2.56. The monoisotopic (exact) mass is 287 g/mol. The number of esters is 2. The molecule has 0 atom stereocenters. The van der Waals surface area contributed by atoms with Crippen LogP contribution in [-0.2, 0) is 9.47 Å². The van der Waals surface area contributed by atoms with Crippen molar-refractivity contribution in [1.82, 2.24) is 4.98 Å². The Labute approximate surface area is 122 Å². The zero-order valence-electron chi connectivity index (χ0n) is 12.4. The molecule has 1 N–H and O–H groups in total. The molecule has 0 bridgehead atoms. The molecule has 2 rings (SSSR count). The molecule has 0 unspecified atom stereocenters. The molecule has 0 amide bonds. The average Bonchev–Trinajstić information content (AvgIpc) is 2.80. The van der Waals surface area contributed by atoms with Crippen molar-refractivity contribution in [2.24, 2.45) is 0 Å². The molecule has 21 heavy (non-hydrogen) atoms. The first-order chi connectivity index (χ1) is 9.99. The molecule has 0 saturated carbocycles. The molecule has 5 nitrogen and oxygen atoms in total. The Bertz CT molecular complexity index is 683. The SMILES string of the molecule is COC(=O)c1ccc(-c2c(C)[nH]c(C)c2C(=O)OC)cc1. The molecule has 110 valence electrons. The van der Waals surface area contributed by atoms with Crippen LogP contribution in [0.5, 0.6) is 0 Å². The highest BCUT2D eigenvalue weighted by Crippen LogP contribution is 2.30. The lowest BCUT2D eigenvalue weighted by Gasteiger charge is -2.06. The van der Waals surface area contributed by atoms with Gasteiger partial charge in [0.1, 0.15) is 0 Å². The smallest absolute Gasteiger partial charge is 0.340 e. The second-order valence-corrected chi connectivity index (χ2v) is 4.69. The molecule has 0 saturated heterocycles. The summed E-state index contributed by atoms with van der Waals surface area (Å²) >= 11 is 0. The van der Waals surface area contributed by atoms with Crippen LogP contribution in [-0.4, -0.2) is 31.1 Å². The predicted molar refractivity (Wildman–Crippen MR) is 78.4 cm³/mol. The molecular formula is C16H17NO4. The molecule has 0 spiro atoms. The van der Waals surface area contributed by atoms with E-state index in [2.05, 4.69) is 9.72 Å². The molecule has 0 aliphatic rings. The van der Waals surface area contributed by atoms with Crippen LogP contribution in [0.25, 0.3) is 11.1 Å². The van der Waals surface area contributed by atoms with Crippen molar-refractivity contribution in [3.05, 3.63) is 46.8 Å². The third-order valence-corrected chi connectivity index (χ3v) is 3.36. The Morgan fingerprint density at radius 1 is 0.905 bits per heavy atom. The number of aromatic amines is 1. The van der Waals surface area contributed by atoms with E-state index in [1.807, 2.05) is 13.8 Å². The minimum Gasteiger partial charge on any atom is -0.465 e. The van der Waals surface area contributed by atoms with E-state index in [0.717, 1.165) is 22.5 Å². The number of carbonyl (C=O) groups is 2. The number of carbonyl (C=O) groups excluding carboxylic acids is 2. The van der Waals surface area contributed by atoms with Crippen molar-refractivity contribution < 1.29 is 19.1 Å². The lowest BCUT2D eigenvalue weighted by Crippen LogP contribution is -2.04. The lowest BCUT2D eigenvalue weighted by molar-refractivity contribution is 0.0591. The highest BCUT2D eigenvalue weighted by Gasteiger charge is 2.21. The van der Waals surface area contributed by atoms with Gasteiger partial charge in [0, 0.05) is 17.0 Å². The number of aryl methyl sites for hydroxylation is 2. The summed E-state index contributed by atoms with van der Waals surface area (Å²) < 4.78 is 9.51. The van der Waals surface area contributed by atoms with Crippen molar-refractivity contribution in [3.63, 3.8) is 0 Å². The highest BCUT2D eigenvalue weighted by molar-refractivity contribution is 6.00. The van der Waals surface area contributed by atoms with Crippen molar-refractivity contribution in [2.45, 2.75) is 13.8 Å². The van der Waals surface area contributed by atoms with Crippen LogP contribution in [0.4, 0.5) is 0 Å². The summed E-state index contributed by atoms with van der Waals surface area (Å²) in [7, 11) is 2.69. The molecule has 1 aromatic carbocycles. The van der Waals surface area contributed by atoms with Crippen molar-refractivity contribution in [2.75, 3.05) is 14.2 Å². The van der Waals surface area contributed by atoms with E-state index >= 15 is 0 Å². The summed E-state index contributed by atoms with van der Waals surface area (Å²) in [6, 6.07) is 6.91. The van der Waals surface area contributed by atoms with Crippen molar-refractivity contribution in [3.8, 4) is 11.1 Å². The van der Waals surface area contributed by atoms with Gasteiger partial charge < -0.3 is 14.5 Å². The summed E-state index contributed by atoms with van der Waals surface area (Å²) in [5.74, 6) is -0.777. The molecule has 0 radical (unpaired) electrons. The first-order valence-electron chi connectivity index (χ1n) is 6.45. The van der Waals surface area contributed by atoms with Crippen LogP contribution in [0.15, 0.2) is 24.3 Å². The molecule has 5 heteroatoms. The van der Waals surface area contributed by atoms with Crippen LogP contribution in [0, 0.1) is 13.8 Å². The zero-order valence-corrected chi connectivity index (χ0v) is 12.4. The summed E-state index contributed by atoms with van der Waals surface area (Å²) in [4.78, 5) is 26.5. The number of methoxy groups -OCH3 is 2. The molecule has 0 fully saturated rings. The first-order valence-corrected chi connectivity index (χ1v) is 6.45. The lowest BCUT2D eigenvalue weighted by atomic mass is 9.99. The molecular weight excluding hydrogens is 270 g/mol. The van der Waals surface area contributed by atoms with E-state index in [4.69, 9.17) is 4.74 Å². The van der Waals surface area contributed by atoms with Gasteiger partial charge in [-0.2, -0.15) is 0 Å².